The van der Waals surface area contributed by atoms with Gasteiger partial charge in [-0.05, 0) is 61.7 Å². The standard InChI is InChI=1S/C23H30N4O7S2/c1-35(30,31)18-5-7-19(8-6-18)36(32,33)27-11-9-16(10-12-27)13-24-14-17(28)15-34-21-4-2-3-20-22(21)26-23(29)25-20/h2-8,16-17,24,28H,9-15H2,1H3,(H2,25,26,29)/t17-/m1/s1. The second kappa shape index (κ2) is 10.7. The molecule has 0 amide bonds. The fourth-order valence-electron chi connectivity index (χ4n) is 4.21. The van der Waals surface area contributed by atoms with Gasteiger partial charge in [-0.1, -0.05) is 6.07 Å². The van der Waals surface area contributed by atoms with Gasteiger partial charge in [0.1, 0.15) is 24.0 Å². The van der Waals surface area contributed by atoms with E-state index in [1.807, 2.05) is 0 Å². The maximum atomic E-state index is 12.9. The number of nitrogens with one attached hydrogen (secondary N) is 3. The smallest absolute Gasteiger partial charge is 0.323 e. The molecule has 196 valence electrons. The molecule has 4 rings (SSSR count). The summed E-state index contributed by atoms with van der Waals surface area (Å²) in [4.78, 5) is 17.0. The van der Waals surface area contributed by atoms with Crippen molar-refractivity contribution in [1.29, 1.82) is 0 Å². The predicted octanol–water partition coefficient (Wildman–Crippen LogP) is 0.690. The number of benzene rings is 2. The van der Waals surface area contributed by atoms with Crippen LogP contribution in [0.5, 0.6) is 5.75 Å². The Morgan fingerprint density at radius 3 is 2.39 bits per heavy atom. The first-order valence-corrected chi connectivity index (χ1v) is 14.9. The Balaban J connectivity index is 1.21. The Morgan fingerprint density at radius 1 is 1.06 bits per heavy atom. The monoisotopic (exact) mass is 538 g/mol. The summed E-state index contributed by atoms with van der Waals surface area (Å²) in [5.41, 5.74) is 0.854. The van der Waals surface area contributed by atoms with Crippen molar-refractivity contribution >= 4 is 30.9 Å². The molecule has 36 heavy (non-hydrogen) atoms. The van der Waals surface area contributed by atoms with E-state index >= 15 is 0 Å². The van der Waals surface area contributed by atoms with Gasteiger partial charge in [0.25, 0.3) is 0 Å². The molecule has 4 N–H and O–H groups in total. The number of hydrogen-bond donors (Lipinski definition) is 4. The number of hydrogen-bond acceptors (Lipinski definition) is 8. The number of fused-ring (bicyclic) bond motifs is 1. The van der Waals surface area contributed by atoms with Crippen molar-refractivity contribution in [2.24, 2.45) is 5.92 Å². The highest BCUT2D eigenvalue weighted by atomic mass is 32.2. The number of aliphatic hydroxyl groups is 1. The number of aliphatic hydroxyl groups excluding tert-OH is 1. The molecule has 1 saturated heterocycles. The van der Waals surface area contributed by atoms with Crippen molar-refractivity contribution < 1.29 is 26.7 Å². The third-order valence-corrected chi connectivity index (χ3v) is 9.26. The molecule has 0 unspecified atom stereocenters. The topological polar surface area (TPSA) is 162 Å². The largest absolute Gasteiger partial charge is 0.489 e. The molecule has 11 nitrogen and oxygen atoms in total. The third kappa shape index (κ3) is 6.16. The van der Waals surface area contributed by atoms with Crippen LogP contribution in [0, 0.1) is 5.92 Å². The van der Waals surface area contributed by atoms with E-state index in [0.717, 1.165) is 6.26 Å². The maximum Gasteiger partial charge on any atom is 0.323 e. The van der Waals surface area contributed by atoms with Gasteiger partial charge in [0, 0.05) is 25.9 Å². The van der Waals surface area contributed by atoms with Crippen LogP contribution in [-0.4, -0.2) is 81.4 Å². The molecule has 1 aliphatic heterocycles. The lowest BCUT2D eigenvalue weighted by Crippen LogP contribution is -2.42. The summed E-state index contributed by atoms with van der Waals surface area (Å²) in [6.07, 6.45) is 1.65. The number of aromatic nitrogens is 2. The van der Waals surface area contributed by atoms with E-state index in [9.17, 15) is 26.7 Å². The SMILES string of the molecule is CS(=O)(=O)c1ccc(S(=O)(=O)N2CCC(CNC[C@@H](O)COc3cccc4[nH]c(=O)[nH]c34)CC2)cc1. The van der Waals surface area contributed by atoms with Crippen molar-refractivity contribution in [2.75, 3.05) is 39.0 Å². The first-order chi connectivity index (χ1) is 17.0. The highest BCUT2D eigenvalue weighted by Crippen LogP contribution is 2.25. The Labute approximate surface area is 209 Å². The summed E-state index contributed by atoms with van der Waals surface area (Å²) in [5.74, 6) is 0.736. The minimum Gasteiger partial charge on any atom is -0.489 e. The molecule has 0 aliphatic carbocycles. The second-order valence-electron chi connectivity index (χ2n) is 8.97. The molecule has 1 aliphatic rings. The molecular formula is C23H30N4O7S2. The maximum absolute atomic E-state index is 12.9. The van der Waals surface area contributed by atoms with Gasteiger partial charge < -0.3 is 25.1 Å². The lowest BCUT2D eigenvalue weighted by Gasteiger charge is -2.31. The fourth-order valence-corrected chi connectivity index (χ4v) is 6.31. The predicted molar refractivity (Wildman–Crippen MR) is 134 cm³/mol. The number of ether oxygens (including phenoxy) is 1. The van der Waals surface area contributed by atoms with Crippen LogP contribution in [0.3, 0.4) is 0 Å². The van der Waals surface area contributed by atoms with Crippen LogP contribution in [0.1, 0.15) is 12.8 Å². The van der Waals surface area contributed by atoms with Gasteiger partial charge in [-0.15, -0.1) is 0 Å². The van der Waals surface area contributed by atoms with Crippen LogP contribution in [0.25, 0.3) is 11.0 Å². The van der Waals surface area contributed by atoms with Gasteiger partial charge in [0.05, 0.1) is 15.3 Å². The van der Waals surface area contributed by atoms with E-state index in [4.69, 9.17) is 4.74 Å². The van der Waals surface area contributed by atoms with E-state index in [1.165, 1.54) is 28.6 Å². The summed E-state index contributed by atoms with van der Waals surface area (Å²) < 4.78 is 56.2. The Bertz CT molecular complexity index is 1460. The second-order valence-corrected chi connectivity index (χ2v) is 12.9. The lowest BCUT2D eigenvalue weighted by molar-refractivity contribution is 0.105. The molecule has 0 radical (unpaired) electrons. The molecule has 3 aromatic rings. The van der Waals surface area contributed by atoms with Crippen molar-refractivity contribution in [3.63, 3.8) is 0 Å². The normalized spacial score (nSPS) is 16.8. The van der Waals surface area contributed by atoms with Crippen LogP contribution >= 0.6 is 0 Å². The third-order valence-electron chi connectivity index (χ3n) is 6.22. The van der Waals surface area contributed by atoms with E-state index in [0.29, 0.717) is 55.8 Å². The minimum atomic E-state index is -3.69. The number of sulfonamides is 1. The van der Waals surface area contributed by atoms with Crippen LogP contribution in [0.2, 0.25) is 0 Å². The van der Waals surface area contributed by atoms with E-state index < -0.39 is 26.0 Å². The number of rotatable bonds is 10. The van der Waals surface area contributed by atoms with E-state index in [2.05, 4.69) is 15.3 Å². The molecule has 1 aromatic heterocycles. The van der Waals surface area contributed by atoms with Crippen LogP contribution in [-0.2, 0) is 19.9 Å². The van der Waals surface area contributed by atoms with Crippen LogP contribution < -0.4 is 15.7 Å². The molecule has 2 heterocycles. The highest BCUT2D eigenvalue weighted by Gasteiger charge is 2.29. The van der Waals surface area contributed by atoms with Gasteiger partial charge in [0.15, 0.2) is 9.84 Å². The van der Waals surface area contributed by atoms with E-state index in [-0.39, 0.29) is 28.0 Å². The number of sulfone groups is 1. The Hall–Kier alpha value is -2.71. The average molecular weight is 539 g/mol. The Kier molecular flexibility index (Phi) is 7.85. The molecule has 2 aromatic carbocycles. The molecule has 0 bridgehead atoms. The molecule has 0 spiro atoms. The van der Waals surface area contributed by atoms with Crippen LogP contribution in [0.4, 0.5) is 0 Å². The van der Waals surface area contributed by atoms with Crippen LogP contribution in [0.15, 0.2) is 57.1 Å². The quantitative estimate of drug-likeness (QED) is 0.293. The number of piperidine rings is 1. The summed E-state index contributed by atoms with van der Waals surface area (Å²) in [7, 11) is -7.09. The summed E-state index contributed by atoms with van der Waals surface area (Å²) >= 11 is 0. The molecule has 1 fully saturated rings. The zero-order chi connectivity index (χ0) is 25.9. The molecule has 0 saturated carbocycles. The molecule has 13 heteroatoms. The highest BCUT2D eigenvalue weighted by molar-refractivity contribution is 7.90. The zero-order valence-electron chi connectivity index (χ0n) is 19.8. The molecular weight excluding hydrogens is 508 g/mol. The van der Waals surface area contributed by atoms with Gasteiger partial charge in [0.2, 0.25) is 10.0 Å². The number of para-hydroxylation sites is 1. The van der Waals surface area contributed by atoms with Crippen molar-refractivity contribution in [3.8, 4) is 5.75 Å². The van der Waals surface area contributed by atoms with Crippen molar-refractivity contribution in [3.05, 3.63) is 52.9 Å². The lowest BCUT2D eigenvalue weighted by atomic mass is 9.98. The number of H-pyrrole nitrogens is 2. The summed E-state index contributed by atoms with van der Waals surface area (Å²) in [6.45, 7) is 1.73. The first-order valence-electron chi connectivity index (χ1n) is 11.6. The summed E-state index contributed by atoms with van der Waals surface area (Å²) in [6, 6.07) is 10.5. The van der Waals surface area contributed by atoms with Gasteiger partial charge in [-0.2, -0.15) is 4.31 Å². The van der Waals surface area contributed by atoms with Crippen molar-refractivity contribution in [2.45, 2.75) is 28.7 Å². The first kappa shape index (κ1) is 26.4. The molecule has 1 atom stereocenters. The van der Waals surface area contributed by atoms with Gasteiger partial charge in [-0.3, -0.25) is 0 Å². The Morgan fingerprint density at radius 2 is 1.72 bits per heavy atom. The fraction of sp³-hybridized carbons (Fsp3) is 0.435. The number of imidazole rings is 1. The zero-order valence-corrected chi connectivity index (χ0v) is 21.4. The number of aromatic amines is 2. The average Bonchev–Trinajstić information content (AvgIpc) is 3.23. The summed E-state index contributed by atoms with van der Waals surface area (Å²) in [5, 5.41) is 13.5. The van der Waals surface area contributed by atoms with Gasteiger partial charge in [-0.25, -0.2) is 21.6 Å². The van der Waals surface area contributed by atoms with E-state index in [1.54, 1.807) is 18.2 Å². The van der Waals surface area contributed by atoms with Crippen molar-refractivity contribution in [1.82, 2.24) is 19.6 Å². The minimum absolute atomic E-state index is 0.0497. The number of nitrogens with zero attached hydrogens (tertiary/aromatic N) is 1. The van der Waals surface area contributed by atoms with Gasteiger partial charge >= 0.3 is 5.69 Å².